The monoisotopic (exact) mass is 523 g/mol. The number of aromatic nitrogens is 4. The van der Waals surface area contributed by atoms with E-state index >= 15 is 0 Å². The number of hydrogen-bond acceptors (Lipinski definition) is 5. The number of H-pyrrole nitrogens is 2. The molecular weight excluding hydrogens is 486 g/mol. The van der Waals surface area contributed by atoms with Crippen LogP contribution in [0.2, 0.25) is 0 Å². The maximum atomic E-state index is 13.4. The van der Waals surface area contributed by atoms with Crippen LogP contribution in [0.3, 0.4) is 0 Å². The van der Waals surface area contributed by atoms with Gasteiger partial charge in [-0.2, -0.15) is 0 Å². The average molecular weight is 524 g/mol. The Bertz CT molecular complexity index is 1290. The number of carbonyl (C=O) groups excluding carboxylic acids is 1. The van der Waals surface area contributed by atoms with Gasteiger partial charge in [0.15, 0.2) is 0 Å². The van der Waals surface area contributed by atoms with Gasteiger partial charge in [0.2, 0.25) is 0 Å². The molecule has 2 aliphatic rings. The van der Waals surface area contributed by atoms with Crippen molar-refractivity contribution in [1.29, 1.82) is 0 Å². The van der Waals surface area contributed by atoms with Crippen LogP contribution in [-0.2, 0) is 32.6 Å². The Balaban J connectivity index is 0.995. The zero-order valence-corrected chi connectivity index (χ0v) is 22.4. The van der Waals surface area contributed by atoms with Crippen molar-refractivity contribution in [2.75, 3.05) is 6.54 Å². The molecule has 0 bridgehead atoms. The van der Waals surface area contributed by atoms with E-state index in [1.54, 1.807) is 29.7 Å². The smallest absolute Gasteiger partial charge is 0.254 e. The molecule has 8 nitrogen and oxygen atoms in total. The first kappa shape index (κ1) is 25.5. The second-order valence-corrected chi connectivity index (χ2v) is 10.8. The highest BCUT2D eigenvalue weighted by Gasteiger charge is 2.28. The van der Waals surface area contributed by atoms with Crippen LogP contribution in [0.1, 0.15) is 64.4 Å². The number of carbonyl (C=O) groups is 1. The van der Waals surface area contributed by atoms with E-state index in [1.807, 2.05) is 12.1 Å². The molecule has 3 N–H and O–H groups in total. The first-order valence-electron chi connectivity index (χ1n) is 14.1. The van der Waals surface area contributed by atoms with Crippen LogP contribution in [0.25, 0.3) is 0 Å². The number of aromatic amines is 2. The minimum atomic E-state index is -0.0408. The van der Waals surface area contributed by atoms with Crippen molar-refractivity contribution in [3.05, 3.63) is 107 Å². The minimum Gasteiger partial charge on any atom is -0.347 e. The first-order valence-corrected chi connectivity index (χ1v) is 14.1. The Morgan fingerprint density at radius 2 is 1.56 bits per heavy atom. The predicted molar refractivity (Wildman–Crippen MR) is 151 cm³/mol. The summed E-state index contributed by atoms with van der Waals surface area (Å²) in [6.07, 6.45) is 13.1. The molecule has 1 aliphatic carbocycles. The third kappa shape index (κ3) is 6.29. The minimum absolute atomic E-state index is 0.0408. The van der Waals surface area contributed by atoms with Crippen molar-refractivity contribution in [1.82, 2.24) is 35.1 Å². The summed E-state index contributed by atoms with van der Waals surface area (Å²) in [5.41, 5.74) is 4.90. The van der Waals surface area contributed by atoms with Gasteiger partial charge >= 0.3 is 0 Å². The van der Waals surface area contributed by atoms with E-state index in [4.69, 9.17) is 0 Å². The van der Waals surface area contributed by atoms with Gasteiger partial charge in [0.1, 0.15) is 11.6 Å². The Hall–Kier alpha value is -3.75. The molecule has 4 aromatic rings. The van der Waals surface area contributed by atoms with Gasteiger partial charge in [-0.25, -0.2) is 9.97 Å². The summed E-state index contributed by atoms with van der Waals surface area (Å²) in [6.45, 7) is 3.89. The molecule has 8 heteroatoms. The highest BCUT2D eigenvalue weighted by Crippen LogP contribution is 2.28. The first-order chi connectivity index (χ1) is 19.2. The number of benzene rings is 2. The Morgan fingerprint density at radius 3 is 2.21 bits per heavy atom. The summed E-state index contributed by atoms with van der Waals surface area (Å²) in [4.78, 5) is 32.6. The summed E-state index contributed by atoms with van der Waals surface area (Å²) in [6, 6.07) is 18.2. The fourth-order valence-corrected chi connectivity index (χ4v) is 6.01. The number of nitrogens with one attached hydrogen (secondary N) is 3. The summed E-state index contributed by atoms with van der Waals surface area (Å²) in [5.74, 6) is 1.45. The molecule has 2 aromatic heterocycles. The molecule has 1 aliphatic heterocycles. The van der Waals surface area contributed by atoms with Crippen LogP contribution in [0.15, 0.2) is 73.3 Å². The molecule has 1 saturated carbocycles. The lowest BCUT2D eigenvalue weighted by molar-refractivity contribution is 0.0721. The molecule has 202 valence electrons. The molecule has 0 radical (unpaired) electrons. The molecule has 2 aromatic carbocycles. The lowest BCUT2D eigenvalue weighted by atomic mass is 9.88. The molecule has 1 amide bonds. The fourth-order valence-electron chi connectivity index (χ4n) is 6.01. The topological polar surface area (TPSA) is 92.9 Å². The van der Waals surface area contributed by atoms with Gasteiger partial charge in [0.25, 0.3) is 5.91 Å². The molecule has 3 heterocycles. The number of fused-ring (bicyclic) bond motifs is 1. The maximum absolute atomic E-state index is 13.4. The Kier molecular flexibility index (Phi) is 7.83. The molecule has 0 atom stereocenters. The fraction of sp³-hybridized carbons (Fsp3) is 0.387. The second kappa shape index (κ2) is 12.0. The largest absolute Gasteiger partial charge is 0.347 e. The van der Waals surface area contributed by atoms with Gasteiger partial charge in [0, 0.05) is 62.1 Å². The standard InChI is InChI=1S/C31H37N7O/c39-31(38(21-29-32-14-15-33-29)22-30-34-16-17-35-30)25-7-5-23(6-8-25)19-36-27-9-11-28(12-10-27)37-18-13-24-3-1-2-4-26(24)20-37/h1-8,14-17,27-28,36H,9-13,18-22H2,(H,32,33)(H,34,35). The second-order valence-electron chi connectivity index (χ2n) is 10.8. The van der Waals surface area contributed by atoms with Crippen molar-refractivity contribution in [3.8, 4) is 0 Å². The highest BCUT2D eigenvalue weighted by molar-refractivity contribution is 5.94. The van der Waals surface area contributed by atoms with E-state index in [0.29, 0.717) is 30.7 Å². The summed E-state index contributed by atoms with van der Waals surface area (Å²) in [7, 11) is 0. The van der Waals surface area contributed by atoms with E-state index in [2.05, 4.69) is 66.6 Å². The van der Waals surface area contributed by atoms with Crippen molar-refractivity contribution >= 4 is 5.91 Å². The number of nitrogens with zero attached hydrogens (tertiary/aromatic N) is 4. The van der Waals surface area contributed by atoms with Gasteiger partial charge in [-0.05, 0) is 60.9 Å². The van der Waals surface area contributed by atoms with Crippen LogP contribution < -0.4 is 5.32 Å². The lowest BCUT2D eigenvalue weighted by Crippen LogP contribution is -2.44. The van der Waals surface area contributed by atoms with Crippen molar-refractivity contribution < 1.29 is 4.79 Å². The number of imidazole rings is 2. The van der Waals surface area contributed by atoms with E-state index in [-0.39, 0.29) is 5.91 Å². The van der Waals surface area contributed by atoms with Gasteiger partial charge in [0.05, 0.1) is 13.1 Å². The van der Waals surface area contributed by atoms with Crippen LogP contribution in [0.4, 0.5) is 0 Å². The third-order valence-corrected chi connectivity index (χ3v) is 8.25. The van der Waals surface area contributed by atoms with Gasteiger partial charge in [-0.1, -0.05) is 36.4 Å². The number of rotatable bonds is 9. The summed E-state index contributed by atoms with van der Waals surface area (Å²) in [5, 5.41) is 3.77. The molecule has 39 heavy (non-hydrogen) atoms. The van der Waals surface area contributed by atoms with E-state index in [1.165, 1.54) is 55.3 Å². The van der Waals surface area contributed by atoms with E-state index in [9.17, 15) is 4.79 Å². The van der Waals surface area contributed by atoms with Crippen LogP contribution in [-0.4, -0.2) is 54.3 Å². The SMILES string of the molecule is O=C(c1ccc(CNC2CCC(N3CCc4ccccc4C3)CC2)cc1)N(Cc1ncc[nH]1)Cc1ncc[nH]1. The van der Waals surface area contributed by atoms with Gasteiger partial charge in [-0.3, -0.25) is 9.69 Å². The van der Waals surface area contributed by atoms with E-state index in [0.717, 1.165) is 24.7 Å². The zero-order chi connectivity index (χ0) is 26.4. The average Bonchev–Trinajstić information content (AvgIpc) is 3.71. The Morgan fingerprint density at radius 1 is 0.897 bits per heavy atom. The molecule has 0 spiro atoms. The van der Waals surface area contributed by atoms with Crippen LogP contribution in [0, 0.1) is 0 Å². The lowest BCUT2D eigenvalue weighted by Gasteiger charge is -2.39. The van der Waals surface area contributed by atoms with Crippen molar-refractivity contribution in [2.45, 2.75) is 70.4 Å². The molecule has 6 rings (SSSR count). The summed E-state index contributed by atoms with van der Waals surface area (Å²) < 4.78 is 0. The third-order valence-electron chi connectivity index (χ3n) is 8.25. The normalized spacial score (nSPS) is 19.5. The van der Waals surface area contributed by atoms with Gasteiger partial charge in [-0.15, -0.1) is 0 Å². The summed E-state index contributed by atoms with van der Waals surface area (Å²) >= 11 is 0. The van der Waals surface area contributed by atoms with Crippen LogP contribution in [0.5, 0.6) is 0 Å². The molecule has 1 fully saturated rings. The quantitative estimate of drug-likeness (QED) is 0.302. The molecular formula is C31H37N7O. The Labute approximate surface area is 229 Å². The highest BCUT2D eigenvalue weighted by atomic mass is 16.2. The molecule has 0 saturated heterocycles. The van der Waals surface area contributed by atoms with Gasteiger partial charge < -0.3 is 20.2 Å². The zero-order valence-electron chi connectivity index (χ0n) is 22.4. The number of amides is 1. The van der Waals surface area contributed by atoms with E-state index < -0.39 is 0 Å². The maximum Gasteiger partial charge on any atom is 0.254 e. The van der Waals surface area contributed by atoms with Crippen molar-refractivity contribution in [2.24, 2.45) is 0 Å². The van der Waals surface area contributed by atoms with Crippen molar-refractivity contribution in [3.63, 3.8) is 0 Å². The predicted octanol–water partition coefficient (Wildman–Crippen LogP) is 4.43. The number of hydrogen-bond donors (Lipinski definition) is 3. The van der Waals surface area contributed by atoms with Crippen LogP contribution >= 0.6 is 0 Å². The molecule has 0 unspecified atom stereocenters.